The molecule has 0 spiro atoms. The zero-order valence-electron chi connectivity index (χ0n) is 11.3. The van der Waals surface area contributed by atoms with Crippen LogP contribution in [-0.2, 0) is 0 Å². The molecule has 0 aliphatic heterocycles. The van der Waals surface area contributed by atoms with Crippen LogP contribution in [0.1, 0.15) is 16.7 Å². The van der Waals surface area contributed by atoms with Gasteiger partial charge >= 0.3 is 0 Å². The molecule has 2 heterocycles. The third-order valence-corrected chi connectivity index (χ3v) is 4.45. The van der Waals surface area contributed by atoms with Gasteiger partial charge in [0.2, 0.25) is 0 Å². The standard InChI is InChI=1S/C14H12BrClN4/c1-7-4-5-11(15)10(6-7)14-18-17-13-9(3)8(2)12(16)19-20(13)14/h4-6H,1-3H3. The third kappa shape index (κ3) is 2.01. The molecule has 3 aromatic rings. The zero-order chi connectivity index (χ0) is 14.4. The van der Waals surface area contributed by atoms with Crippen molar-refractivity contribution in [3.8, 4) is 11.4 Å². The fraction of sp³-hybridized carbons (Fsp3) is 0.214. The number of aryl methyl sites for hydroxylation is 2. The second-order valence-corrected chi connectivity index (χ2v) is 6.00. The van der Waals surface area contributed by atoms with Gasteiger partial charge in [-0.25, -0.2) is 0 Å². The van der Waals surface area contributed by atoms with Gasteiger partial charge in [0.1, 0.15) is 0 Å². The fourth-order valence-electron chi connectivity index (χ4n) is 2.07. The average Bonchev–Trinajstić information content (AvgIpc) is 2.82. The van der Waals surface area contributed by atoms with Crippen molar-refractivity contribution in [2.45, 2.75) is 20.8 Å². The molecule has 2 aromatic heterocycles. The first-order valence-electron chi connectivity index (χ1n) is 6.13. The number of hydrogen-bond acceptors (Lipinski definition) is 3. The van der Waals surface area contributed by atoms with Crippen molar-refractivity contribution in [1.29, 1.82) is 0 Å². The maximum atomic E-state index is 6.18. The van der Waals surface area contributed by atoms with Crippen LogP contribution in [-0.4, -0.2) is 19.8 Å². The van der Waals surface area contributed by atoms with E-state index >= 15 is 0 Å². The van der Waals surface area contributed by atoms with E-state index in [0.29, 0.717) is 11.0 Å². The highest BCUT2D eigenvalue weighted by atomic mass is 79.9. The third-order valence-electron chi connectivity index (χ3n) is 3.40. The Labute approximate surface area is 129 Å². The summed E-state index contributed by atoms with van der Waals surface area (Å²) in [6, 6.07) is 6.08. The van der Waals surface area contributed by atoms with Crippen molar-refractivity contribution in [3.63, 3.8) is 0 Å². The van der Waals surface area contributed by atoms with Crippen molar-refractivity contribution >= 4 is 33.2 Å². The second-order valence-electron chi connectivity index (χ2n) is 4.78. The van der Waals surface area contributed by atoms with Gasteiger partial charge in [0.05, 0.1) is 0 Å². The van der Waals surface area contributed by atoms with E-state index < -0.39 is 0 Å². The highest BCUT2D eigenvalue weighted by molar-refractivity contribution is 9.10. The van der Waals surface area contributed by atoms with E-state index in [2.05, 4.69) is 31.2 Å². The van der Waals surface area contributed by atoms with Crippen molar-refractivity contribution in [2.24, 2.45) is 0 Å². The molecule has 1 aromatic carbocycles. The Balaban J connectivity index is 2.36. The van der Waals surface area contributed by atoms with Crippen LogP contribution in [0.25, 0.3) is 17.0 Å². The summed E-state index contributed by atoms with van der Waals surface area (Å²) in [5, 5.41) is 13.4. The lowest BCUT2D eigenvalue weighted by Crippen LogP contribution is -2.00. The molecule has 6 heteroatoms. The van der Waals surface area contributed by atoms with Crippen LogP contribution in [0.5, 0.6) is 0 Å². The monoisotopic (exact) mass is 350 g/mol. The first-order valence-corrected chi connectivity index (χ1v) is 7.30. The molecule has 102 valence electrons. The molecule has 0 radical (unpaired) electrons. The quantitative estimate of drug-likeness (QED) is 0.662. The summed E-state index contributed by atoms with van der Waals surface area (Å²) < 4.78 is 2.65. The highest BCUT2D eigenvalue weighted by Crippen LogP contribution is 2.29. The summed E-state index contributed by atoms with van der Waals surface area (Å²) in [7, 11) is 0. The van der Waals surface area contributed by atoms with Crippen LogP contribution >= 0.6 is 27.5 Å². The van der Waals surface area contributed by atoms with Crippen molar-refractivity contribution in [2.75, 3.05) is 0 Å². The Morgan fingerprint density at radius 2 is 1.85 bits per heavy atom. The van der Waals surface area contributed by atoms with E-state index in [1.54, 1.807) is 4.52 Å². The Bertz CT molecular complexity index is 826. The van der Waals surface area contributed by atoms with Crippen LogP contribution in [0.2, 0.25) is 5.15 Å². The topological polar surface area (TPSA) is 43.1 Å². The van der Waals surface area contributed by atoms with Gasteiger partial charge in [-0.1, -0.05) is 39.2 Å². The largest absolute Gasteiger partial charge is 0.191 e. The van der Waals surface area contributed by atoms with E-state index in [9.17, 15) is 0 Å². The smallest absolute Gasteiger partial charge is 0.186 e. The predicted molar refractivity (Wildman–Crippen MR) is 83.1 cm³/mol. The molecule has 0 bridgehead atoms. The van der Waals surface area contributed by atoms with Crippen LogP contribution in [0.15, 0.2) is 22.7 Å². The molecule has 20 heavy (non-hydrogen) atoms. The number of aromatic nitrogens is 4. The molecule has 0 amide bonds. The molecular weight excluding hydrogens is 340 g/mol. The molecule has 0 N–H and O–H groups in total. The summed E-state index contributed by atoms with van der Waals surface area (Å²) in [6.07, 6.45) is 0. The van der Waals surface area contributed by atoms with Gasteiger partial charge < -0.3 is 0 Å². The Morgan fingerprint density at radius 3 is 2.60 bits per heavy atom. The molecule has 4 nitrogen and oxygen atoms in total. The van der Waals surface area contributed by atoms with E-state index in [1.165, 1.54) is 0 Å². The molecule has 0 saturated heterocycles. The molecule has 0 fully saturated rings. The molecular formula is C14H12BrClN4. The van der Waals surface area contributed by atoms with Crippen LogP contribution in [0.3, 0.4) is 0 Å². The Hall–Kier alpha value is -1.46. The maximum Gasteiger partial charge on any atom is 0.186 e. The summed E-state index contributed by atoms with van der Waals surface area (Å²) in [5.74, 6) is 0.681. The van der Waals surface area contributed by atoms with E-state index in [0.717, 1.165) is 32.4 Å². The lowest BCUT2D eigenvalue weighted by atomic mass is 10.1. The minimum Gasteiger partial charge on any atom is -0.191 e. The van der Waals surface area contributed by atoms with Crippen molar-refractivity contribution < 1.29 is 0 Å². The van der Waals surface area contributed by atoms with Gasteiger partial charge in [-0.3, -0.25) is 0 Å². The molecule has 3 rings (SSSR count). The van der Waals surface area contributed by atoms with Crippen LogP contribution in [0, 0.1) is 20.8 Å². The molecule has 0 aliphatic carbocycles. The van der Waals surface area contributed by atoms with Gasteiger partial charge in [0.15, 0.2) is 16.6 Å². The second kappa shape index (κ2) is 4.82. The molecule has 0 aliphatic rings. The first kappa shape index (κ1) is 13.5. The average molecular weight is 352 g/mol. The van der Waals surface area contributed by atoms with Crippen LogP contribution in [0.4, 0.5) is 0 Å². The zero-order valence-corrected chi connectivity index (χ0v) is 13.6. The van der Waals surface area contributed by atoms with Crippen LogP contribution < -0.4 is 0 Å². The predicted octanol–water partition coefficient (Wildman–Crippen LogP) is 4.13. The molecule has 0 saturated carbocycles. The summed E-state index contributed by atoms with van der Waals surface area (Å²) in [5.41, 5.74) is 4.75. The fourth-order valence-corrected chi connectivity index (χ4v) is 2.71. The lowest BCUT2D eigenvalue weighted by Gasteiger charge is -2.06. The highest BCUT2D eigenvalue weighted by Gasteiger charge is 2.16. The van der Waals surface area contributed by atoms with Gasteiger partial charge in [-0.05, 0) is 38.5 Å². The van der Waals surface area contributed by atoms with Crippen molar-refractivity contribution in [1.82, 2.24) is 19.8 Å². The Kier molecular flexibility index (Phi) is 3.26. The molecule has 0 atom stereocenters. The number of nitrogens with zero attached hydrogens (tertiary/aromatic N) is 4. The van der Waals surface area contributed by atoms with E-state index in [1.807, 2.05) is 39.0 Å². The van der Waals surface area contributed by atoms with E-state index in [4.69, 9.17) is 11.6 Å². The van der Waals surface area contributed by atoms with E-state index in [-0.39, 0.29) is 0 Å². The lowest BCUT2D eigenvalue weighted by molar-refractivity contribution is 0.918. The Morgan fingerprint density at radius 1 is 1.10 bits per heavy atom. The summed E-state index contributed by atoms with van der Waals surface area (Å²) in [6.45, 7) is 5.94. The maximum absolute atomic E-state index is 6.18. The SMILES string of the molecule is Cc1ccc(Br)c(-c2nnc3c(C)c(C)c(Cl)nn23)c1. The van der Waals surface area contributed by atoms with Gasteiger partial charge in [0, 0.05) is 15.6 Å². The summed E-state index contributed by atoms with van der Waals surface area (Å²) in [4.78, 5) is 0. The minimum absolute atomic E-state index is 0.472. The first-order chi connectivity index (χ1) is 9.49. The number of benzene rings is 1. The number of hydrogen-bond donors (Lipinski definition) is 0. The summed E-state index contributed by atoms with van der Waals surface area (Å²) >= 11 is 9.73. The van der Waals surface area contributed by atoms with Gasteiger partial charge in [0.25, 0.3) is 0 Å². The minimum atomic E-state index is 0.472. The number of rotatable bonds is 1. The number of halogens is 2. The molecule has 0 unspecified atom stereocenters. The van der Waals surface area contributed by atoms with Crippen molar-refractivity contribution in [3.05, 3.63) is 44.5 Å². The normalized spacial score (nSPS) is 11.2. The van der Waals surface area contributed by atoms with Gasteiger partial charge in [-0.15, -0.1) is 10.2 Å². The van der Waals surface area contributed by atoms with Gasteiger partial charge in [-0.2, -0.15) is 9.61 Å². The number of fused-ring (bicyclic) bond motifs is 1.